The minimum Gasteiger partial charge on any atom is -0.497 e. The molecule has 0 bridgehead atoms. The molecule has 1 unspecified atom stereocenters. The zero-order chi connectivity index (χ0) is 14.4. The number of methoxy groups -OCH3 is 1. The predicted octanol–water partition coefficient (Wildman–Crippen LogP) is 3.90. The van der Waals surface area contributed by atoms with Crippen LogP contribution in [0, 0.1) is 5.82 Å². The van der Waals surface area contributed by atoms with Crippen molar-refractivity contribution in [2.45, 2.75) is 12.6 Å². The lowest BCUT2D eigenvalue weighted by molar-refractivity contribution is 0.410. The van der Waals surface area contributed by atoms with Crippen molar-refractivity contribution in [3.8, 4) is 5.75 Å². The molecule has 0 amide bonds. The molecule has 2 nitrogen and oxygen atoms in total. The van der Waals surface area contributed by atoms with Gasteiger partial charge in [-0.1, -0.05) is 36.4 Å². The smallest absolute Gasteiger partial charge is 0.131 e. The van der Waals surface area contributed by atoms with Crippen LogP contribution in [0.5, 0.6) is 5.75 Å². The van der Waals surface area contributed by atoms with Gasteiger partial charge in [0.1, 0.15) is 11.6 Å². The van der Waals surface area contributed by atoms with E-state index in [-0.39, 0.29) is 11.9 Å². The quantitative estimate of drug-likeness (QED) is 0.816. The van der Waals surface area contributed by atoms with Crippen LogP contribution in [0.2, 0.25) is 0 Å². The summed E-state index contributed by atoms with van der Waals surface area (Å²) in [6.45, 7) is 0.419. The van der Waals surface area contributed by atoms with E-state index in [0.29, 0.717) is 23.7 Å². The van der Waals surface area contributed by atoms with Gasteiger partial charge in [0.05, 0.1) is 7.11 Å². The molecule has 0 saturated heterocycles. The maximum Gasteiger partial charge on any atom is 0.131 e. The molecule has 0 aliphatic carbocycles. The molecule has 2 aromatic rings. The first kappa shape index (κ1) is 14.8. The van der Waals surface area contributed by atoms with Crippen LogP contribution in [0.25, 0.3) is 0 Å². The Morgan fingerprint density at radius 2 is 1.95 bits per heavy atom. The van der Waals surface area contributed by atoms with E-state index in [4.69, 9.17) is 16.3 Å². The fourth-order valence-corrected chi connectivity index (χ4v) is 2.27. The van der Waals surface area contributed by atoms with Gasteiger partial charge < -0.3 is 10.1 Å². The lowest BCUT2D eigenvalue weighted by Gasteiger charge is -2.17. The van der Waals surface area contributed by atoms with Crippen LogP contribution in [0.1, 0.15) is 17.2 Å². The summed E-state index contributed by atoms with van der Waals surface area (Å²) in [5.41, 5.74) is 1.69. The van der Waals surface area contributed by atoms with E-state index in [1.807, 2.05) is 30.3 Å². The molecular formula is C16H17ClFNO. The van der Waals surface area contributed by atoms with Crippen molar-refractivity contribution < 1.29 is 9.13 Å². The molecule has 106 valence electrons. The number of hydrogen-bond acceptors (Lipinski definition) is 2. The summed E-state index contributed by atoms with van der Waals surface area (Å²) in [6.07, 6.45) is 0. The van der Waals surface area contributed by atoms with E-state index in [2.05, 4.69) is 5.32 Å². The predicted molar refractivity (Wildman–Crippen MR) is 79.7 cm³/mol. The van der Waals surface area contributed by atoms with Gasteiger partial charge in [-0.15, -0.1) is 11.6 Å². The normalized spacial score (nSPS) is 12.2. The topological polar surface area (TPSA) is 21.3 Å². The maximum atomic E-state index is 13.8. The fraction of sp³-hybridized carbons (Fsp3) is 0.250. The number of alkyl halides is 1. The molecule has 4 heteroatoms. The molecule has 0 aromatic heterocycles. The van der Waals surface area contributed by atoms with Crippen LogP contribution in [-0.2, 0) is 6.54 Å². The molecule has 0 aliphatic heterocycles. The number of rotatable bonds is 6. The highest BCUT2D eigenvalue weighted by Crippen LogP contribution is 2.18. The van der Waals surface area contributed by atoms with Crippen LogP contribution in [0.15, 0.2) is 48.5 Å². The lowest BCUT2D eigenvalue weighted by atomic mass is 10.1. The van der Waals surface area contributed by atoms with Crippen LogP contribution in [0.3, 0.4) is 0 Å². The Hall–Kier alpha value is -1.58. The van der Waals surface area contributed by atoms with E-state index in [1.165, 1.54) is 13.2 Å². The zero-order valence-electron chi connectivity index (χ0n) is 11.3. The van der Waals surface area contributed by atoms with Crippen molar-refractivity contribution in [3.05, 3.63) is 65.5 Å². The Kier molecular flexibility index (Phi) is 5.39. The fourth-order valence-electron chi connectivity index (χ4n) is 1.98. The van der Waals surface area contributed by atoms with E-state index >= 15 is 0 Å². The van der Waals surface area contributed by atoms with Crippen LogP contribution in [0.4, 0.5) is 4.39 Å². The molecule has 0 saturated carbocycles. The number of ether oxygens (including phenoxy) is 1. The summed E-state index contributed by atoms with van der Waals surface area (Å²) >= 11 is 5.98. The molecule has 0 radical (unpaired) electrons. The van der Waals surface area contributed by atoms with E-state index in [9.17, 15) is 4.39 Å². The van der Waals surface area contributed by atoms with Crippen molar-refractivity contribution in [2.24, 2.45) is 0 Å². The van der Waals surface area contributed by atoms with Gasteiger partial charge in [0.15, 0.2) is 0 Å². The van der Waals surface area contributed by atoms with Crippen molar-refractivity contribution in [1.29, 1.82) is 0 Å². The minimum absolute atomic E-state index is 0.000585. The average Bonchev–Trinajstić information content (AvgIpc) is 2.50. The molecule has 0 heterocycles. The second-order valence-electron chi connectivity index (χ2n) is 4.46. The first-order valence-corrected chi connectivity index (χ1v) is 6.94. The highest BCUT2D eigenvalue weighted by molar-refractivity contribution is 6.18. The maximum absolute atomic E-state index is 13.8. The van der Waals surface area contributed by atoms with Crippen molar-refractivity contribution >= 4 is 11.6 Å². The number of hydrogen-bond donors (Lipinski definition) is 1. The van der Waals surface area contributed by atoms with E-state index in [0.717, 1.165) is 5.56 Å². The second kappa shape index (κ2) is 7.27. The Bertz CT molecular complexity index is 547. The third-order valence-corrected chi connectivity index (χ3v) is 3.46. The first-order chi connectivity index (χ1) is 9.74. The van der Waals surface area contributed by atoms with Gasteiger partial charge in [0, 0.05) is 30.1 Å². The molecule has 20 heavy (non-hydrogen) atoms. The van der Waals surface area contributed by atoms with Crippen molar-refractivity contribution in [3.63, 3.8) is 0 Å². The second-order valence-corrected chi connectivity index (χ2v) is 4.76. The van der Waals surface area contributed by atoms with Gasteiger partial charge in [-0.25, -0.2) is 4.39 Å². The standard InChI is InChI=1S/C16H17ClFNO/c1-20-14-8-7-13(15(18)9-14)11-19-16(10-17)12-5-3-2-4-6-12/h2-9,16,19H,10-11H2,1H3. The van der Waals surface area contributed by atoms with Crippen molar-refractivity contribution in [1.82, 2.24) is 5.32 Å². The Morgan fingerprint density at radius 1 is 1.20 bits per heavy atom. The lowest BCUT2D eigenvalue weighted by Crippen LogP contribution is -2.22. The van der Waals surface area contributed by atoms with Gasteiger partial charge in [0.25, 0.3) is 0 Å². The molecule has 1 N–H and O–H groups in total. The first-order valence-electron chi connectivity index (χ1n) is 6.41. The SMILES string of the molecule is COc1ccc(CNC(CCl)c2ccccc2)c(F)c1. The molecule has 2 rings (SSSR count). The summed E-state index contributed by atoms with van der Waals surface area (Å²) in [7, 11) is 1.52. The van der Waals surface area contributed by atoms with E-state index in [1.54, 1.807) is 12.1 Å². The number of nitrogens with one attached hydrogen (secondary N) is 1. The molecule has 0 aliphatic rings. The molecule has 1 atom stereocenters. The summed E-state index contributed by atoms with van der Waals surface area (Å²) < 4.78 is 18.8. The van der Waals surface area contributed by atoms with Gasteiger partial charge >= 0.3 is 0 Å². The third kappa shape index (κ3) is 3.71. The van der Waals surface area contributed by atoms with Crippen LogP contribution in [-0.4, -0.2) is 13.0 Å². The molecular weight excluding hydrogens is 277 g/mol. The Balaban J connectivity index is 2.03. The van der Waals surface area contributed by atoms with E-state index < -0.39 is 0 Å². The van der Waals surface area contributed by atoms with Crippen LogP contribution < -0.4 is 10.1 Å². The van der Waals surface area contributed by atoms with Gasteiger partial charge in [-0.3, -0.25) is 0 Å². The van der Waals surface area contributed by atoms with Crippen molar-refractivity contribution in [2.75, 3.05) is 13.0 Å². The highest BCUT2D eigenvalue weighted by Gasteiger charge is 2.11. The molecule has 0 fully saturated rings. The number of halogens is 2. The molecule has 2 aromatic carbocycles. The summed E-state index contributed by atoms with van der Waals surface area (Å²) in [5.74, 6) is 0.670. The van der Waals surface area contributed by atoms with Gasteiger partial charge in [-0.05, 0) is 11.6 Å². The number of benzene rings is 2. The minimum atomic E-state index is -0.279. The Morgan fingerprint density at radius 3 is 2.55 bits per heavy atom. The highest BCUT2D eigenvalue weighted by atomic mass is 35.5. The summed E-state index contributed by atoms with van der Waals surface area (Å²) in [4.78, 5) is 0. The third-order valence-electron chi connectivity index (χ3n) is 3.16. The monoisotopic (exact) mass is 293 g/mol. The average molecular weight is 294 g/mol. The summed E-state index contributed by atoms with van der Waals surface area (Å²) in [6, 6.07) is 14.7. The largest absolute Gasteiger partial charge is 0.497 e. The van der Waals surface area contributed by atoms with Crippen LogP contribution >= 0.6 is 11.6 Å². The zero-order valence-corrected chi connectivity index (χ0v) is 12.0. The van der Waals surface area contributed by atoms with Gasteiger partial charge in [-0.2, -0.15) is 0 Å². The van der Waals surface area contributed by atoms with Gasteiger partial charge in [0.2, 0.25) is 0 Å². The molecule has 0 spiro atoms. The Labute approximate surface area is 123 Å². The summed E-state index contributed by atoms with van der Waals surface area (Å²) in [5, 5.41) is 3.27.